The van der Waals surface area contributed by atoms with E-state index in [0.717, 1.165) is 0 Å². The Hall–Kier alpha value is -2.82. The van der Waals surface area contributed by atoms with Crippen molar-refractivity contribution < 1.29 is 18.0 Å². The van der Waals surface area contributed by atoms with E-state index in [9.17, 15) is 18.0 Å². The second-order valence-corrected chi connectivity index (χ2v) is 4.93. The molecule has 23 heavy (non-hydrogen) atoms. The lowest BCUT2D eigenvalue weighted by atomic mass is 10.1. The molecule has 0 aliphatic heterocycles. The van der Waals surface area contributed by atoms with E-state index in [1.54, 1.807) is 0 Å². The van der Waals surface area contributed by atoms with Gasteiger partial charge >= 0.3 is 6.18 Å². The summed E-state index contributed by atoms with van der Waals surface area (Å²) in [5.41, 5.74) is 0.973. The smallest absolute Gasteiger partial charge is 0.324 e. The van der Waals surface area contributed by atoms with Crippen LogP contribution < -0.4 is 0 Å². The molecule has 1 aromatic heterocycles. The number of alkyl halides is 3. The first-order valence-corrected chi connectivity index (χ1v) is 6.63. The maximum atomic E-state index is 12.8. The Balaban J connectivity index is 2.25. The Morgan fingerprint density at radius 1 is 1.30 bits per heavy atom. The van der Waals surface area contributed by atoms with Crippen LogP contribution in [0.2, 0.25) is 0 Å². The minimum Gasteiger partial charge on any atom is -0.324 e. The number of aryl methyl sites for hydroxylation is 1. The van der Waals surface area contributed by atoms with Crippen molar-refractivity contribution in [1.29, 1.82) is 5.26 Å². The molecule has 1 heterocycles. The number of amides is 1. The number of carbonyl (C=O) groups is 1. The van der Waals surface area contributed by atoms with Gasteiger partial charge in [0.25, 0.3) is 5.91 Å². The fraction of sp³-hybridized carbons (Fsp3) is 0.267. The highest BCUT2D eigenvalue weighted by molar-refractivity contribution is 5.92. The molecule has 0 saturated carbocycles. The van der Waals surface area contributed by atoms with Gasteiger partial charge in [0.05, 0.1) is 11.6 Å². The Morgan fingerprint density at radius 2 is 1.96 bits per heavy atom. The van der Waals surface area contributed by atoms with Crippen molar-refractivity contribution in [1.82, 2.24) is 14.7 Å². The number of carbonyl (C=O) groups excluding carboxylic acids is 1. The predicted molar refractivity (Wildman–Crippen MR) is 75.2 cm³/mol. The predicted octanol–water partition coefficient (Wildman–Crippen LogP) is 2.50. The van der Waals surface area contributed by atoms with Gasteiger partial charge in [-0.05, 0) is 23.8 Å². The molecule has 0 spiro atoms. The van der Waals surface area contributed by atoms with E-state index >= 15 is 0 Å². The van der Waals surface area contributed by atoms with Crippen molar-refractivity contribution in [2.24, 2.45) is 7.05 Å². The van der Waals surface area contributed by atoms with Crippen LogP contribution in [0.4, 0.5) is 13.2 Å². The number of aromatic nitrogens is 2. The largest absolute Gasteiger partial charge is 0.406 e. The van der Waals surface area contributed by atoms with Gasteiger partial charge in [0.2, 0.25) is 0 Å². The van der Waals surface area contributed by atoms with Gasteiger partial charge < -0.3 is 4.90 Å². The van der Waals surface area contributed by atoms with Crippen molar-refractivity contribution >= 4 is 5.91 Å². The summed E-state index contributed by atoms with van der Waals surface area (Å²) < 4.78 is 39.5. The van der Waals surface area contributed by atoms with Crippen LogP contribution in [-0.2, 0) is 13.6 Å². The van der Waals surface area contributed by atoms with Crippen LogP contribution >= 0.6 is 0 Å². The van der Waals surface area contributed by atoms with Gasteiger partial charge in [0.15, 0.2) is 0 Å². The third-order valence-corrected chi connectivity index (χ3v) is 3.15. The molecule has 0 aliphatic carbocycles. The van der Waals surface area contributed by atoms with Crippen molar-refractivity contribution in [2.45, 2.75) is 12.7 Å². The van der Waals surface area contributed by atoms with E-state index in [1.807, 2.05) is 6.07 Å². The average molecular weight is 322 g/mol. The quantitative estimate of drug-likeness (QED) is 0.869. The lowest BCUT2D eigenvalue weighted by Gasteiger charge is -2.24. The molecule has 5 nitrogen and oxygen atoms in total. The number of rotatable bonds is 4. The molecular formula is C15H13F3N4O. The van der Waals surface area contributed by atoms with E-state index in [2.05, 4.69) is 5.10 Å². The summed E-state index contributed by atoms with van der Waals surface area (Å²) in [5.74, 6) is -0.758. The third kappa shape index (κ3) is 4.32. The highest BCUT2D eigenvalue weighted by Gasteiger charge is 2.34. The highest BCUT2D eigenvalue weighted by atomic mass is 19.4. The SMILES string of the molecule is Cn1nccc1C(=O)N(Cc1ccc(C#N)cc1)CC(F)(F)F. The van der Waals surface area contributed by atoms with Crippen LogP contribution in [0.1, 0.15) is 21.6 Å². The standard InChI is InChI=1S/C15H13F3N4O/c1-21-13(6-7-20-21)14(23)22(10-15(16,17)18)9-12-4-2-11(8-19)3-5-12/h2-7H,9-10H2,1H3. The van der Waals surface area contributed by atoms with Gasteiger partial charge in [0, 0.05) is 19.8 Å². The molecule has 0 radical (unpaired) electrons. The zero-order valence-corrected chi connectivity index (χ0v) is 12.2. The summed E-state index contributed by atoms with van der Waals surface area (Å²) in [6.45, 7) is -1.58. The molecule has 0 N–H and O–H groups in total. The maximum Gasteiger partial charge on any atom is 0.406 e. The monoisotopic (exact) mass is 322 g/mol. The van der Waals surface area contributed by atoms with Gasteiger partial charge in [0.1, 0.15) is 12.2 Å². The molecular weight excluding hydrogens is 309 g/mol. The maximum absolute atomic E-state index is 12.8. The summed E-state index contributed by atoms with van der Waals surface area (Å²) in [4.78, 5) is 13.1. The second kappa shape index (κ2) is 6.52. The fourth-order valence-electron chi connectivity index (χ4n) is 2.07. The van der Waals surface area contributed by atoms with E-state index in [1.165, 1.54) is 48.3 Å². The van der Waals surface area contributed by atoms with Gasteiger partial charge in [-0.2, -0.15) is 23.5 Å². The summed E-state index contributed by atoms with van der Waals surface area (Å²) in [5, 5.41) is 12.5. The molecule has 0 atom stereocenters. The van der Waals surface area contributed by atoms with Crippen molar-refractivity contribution in [3.63, 3.8) is 0 Å². The summed E-state index contributed by atoms with van der Waals surface area (Å²) in [7, 11) is 1.49. The van der Waals surface area contributed by atoms with Crippen LogP contribution in [0.5, 0.6) is 0 Å². The minimum atomic E-state index is -4.51. The lowest BCUT2D eigenvalue weighted by Crippen LogP contribution is -2.39. The Labute approximate surface area is 130 Å². The molecule has 2 aromatic rings. The number of benzene rings is 1. The van der Waals surface area contributed by atoms with Gasteiger partial charge in [-0.3, -0.25) is 9.48 Å². The van der Waals surface area contributed by atoms with E-state index in [4.69, 9.17) is 5.26 Å². The van der Waals surface area contributed by atoms with Crippen LogP contribution in [0.3, 0.4) is 0 Å². The van der Waals surface area contributed by atoms with E-state index in [0.29, 0.717) is 16.0 Å². The number of hydrogen-bond acceptors (Lipinski definition) is 3. The normalized spacial score (nSPS) is 11.1. The summed E-state index contributed by atoms with van der Waals surface area (Å²) in [6.07, 6.45) is -3.17. The number of halogens is 3. The van der Waals surface area contributed by atoms with Gasteiger partial charge in [-0.25, -0.2) is 0 Å². The molecule has 2 rings (SSSR count). The molecule has 0 fully saturated rings. The minimum absolute atomic E-state index is 0.0721. The second-order valence-electron chi connectivity index (χ2n) is 4.93. The first-order chi connectivity index (χ1) is 10.8. The fourth-order valence-corrected chi connectivity index (χ4v) is 2.07. The van der Waals surface area contributed by atoms with E-state index < -0.39 is 18.6 Å². The van der Waals surface area contributed by atoms with Crippen LogP contribution in [0.25, 0.3) is 0 Å². The first-order valence-electron chi connectivity index (χ1n) is 6.63. The van der Waals surface area contributed by atoms with Crippen LogP contribution in [0, 0.1) is 11.3 Å². The number of nitrogens with zero attached hydrogens (tertiary/aromatic N) is 4. The Morgan fingerprint density at radius 3 is 2.43 bits per heavy atom. The molecule has 1 aromatic carbocycles. The topological polar surface area (TPSA) is 61.9 Å². The Kier molecular flexibility index (Phi) is 4.69. The van der Waals surface area contributed by atoms with Crippen molar-refractivity contribution in [2.75, 3.05) is 6.54 Å². The first kappa shape index (κ1) is 16.5. The molecule has 0 unspecified atom stereocenters. The molecule has 0 saturated heterocycles. The zero-order chi connectivity index (χ0) is 17.0. The average Bonchev–Trinajstić information content (AvgIpc) is 2.91. The zero-order valence-electron chi connectivity index (χ0n) is 12.2. The van der Waals surface area contributed by atoms with Crippen molar-refractivity contribution in [3.8, 4) is 6.07 Å². The van der Waals surface area contributed by atoms with Crippen molar-refractivity contribution in [3.05, 3.63) is 53.3 Å². The summed E-state index contributed by atoms with van der Waals surface area (Å²) >= 11 is 0. The number of nitriles is 1. The summed E-state index contributed by atoms with van der Waals surface area (Å²) in [6, 6.07) is 9.34. The van der Waals surface area contributed by atoms with E-state index in [-0.39, 0.29) is 12.2 Å². The molecule has 1 amide bonds. The molecule has 0 aliphatic rings. The molecule has 120 valence electrons. The van der Waals surface area contributed by atoms with Gasteiger partial charge in [-0.15, -0.1) is 0 Å². The van der Waals surface area contributed by atoms with Crippen LogP contribution in [0.15, 0.2) is 36.5 Å². The molecule has 0 bridgehead atoms. The van der Waals surface area contributed by atoms with Crippen LogP contribution in [-0.4, -0.2) is 33.3 Å². The molecule has 8 heteroatoms. The van der Waals surface area contributed by atoms with Gasteiger partial charge in [-0.1, -0.05) is 12.1 Å². The highest BCUT2D eigenvalue weighted by Crippen LogP contribution is 2.20. The number of hydrogen-bond donors (Lipinski definition) is 0. The Bertz CT molecular complexity index is 728. The third-order valence-electron chi connectivity index (χ3n) is 3.15. The lowest BCUT2D eigenvalue weighted by molar-refractivity contribution is -0.141.